The molecule has 0 fully saturated rings. The van der Waals surface area contributed by atoms with Gasteiger partial charge in [-0.2, -0.15) is 0 Å². The highest BCUT2D eigenvalue weighted by molar-refractivity contribution is 4.70. The zero-order valence-electron chi connectivity index (χ0n) is 7.31. The molecule has 3 atom stereocenters. The summed E-state index contributed by atoms with van der Waals surface area (Å²) in [6.45, 7) is -1.33. The molecule has 0 aliphatic rings. The summed E-state index contributed by atoms with van der Waals surface area (Å²) in [5, 5.41) is 43.8. The van der Waals surface area contributed by atoms with Crippen LogP contribution in [0.3, 0.4) is 0 Å². The van der Waals surface area contributed by atoms with Crippen LogP contribution in [0, 0.1) is 10.1 Å². The Morgan fingerprint density at radius 3 is 2.21 bits per heavy atom. The third-order valence-corrected chi connectivity index (χ3v) is 1.55. The number of rotatable bonds is 7. The van der Waals surface area contributed by atoms with Gasteiger partial charge in [0.25, 0.3) is 5.09 Å². The number of hydrogen-bond acceptors (Lipinski definition) is 7. The monoisotopic (exact) mass is 211 g/mol. The lowest BCUT2D eigenvalue weighted by atomic mass is 10.1. The average molecular weight is 211 g/mol. The van der Waals surface area contributed by atoms with Crippen molar-refractivity contribution in [3.63, 3.8) is 0 Å². The van der Waals surface area contributed by atoms with Crippen molar-refractivity contribution in [3.05, 3.63) is 10.1 Å². The van der Waals surface area contributed by atoms with E-state index in [9.17, 15) is 10.1 Å². The SMILES string of the molecule is O=[N+]([O-])OC(CC(O)CO)C(O)CO. The summed E-state index contributed by atoms with van der Waals surface area (Å²) >= 11 is 0. The molecule has 0 aromatic rings. The summed E-state index contributed by atoms with van der Waals surface area (Å²) in [5.74, 6) is 0. The topological polar surface area (TPSA) is 133 Å². The van der Waals surface area contributed by atoms with Crippen molar-refractivity contribution in [1.29, 1.82) is 0 Å². The van der Waals surface area contributed by atoms with E-state index in [1.807, 2.05) is 0 Å². The molecule has 3 unspecified atom stereocenters. The average Bonchev–Trinajstić information content (AvgIpc) is 2.14. The van der Waals surface area contributed by atoms with Crippen LogP contribution in [0.15, 0.2) is 0 Å². The summed E-state index contributed by atoms with van der Waals surface area (Å²) in [5.41, 5.74) is 0. The van der Waals surface area contributed by atoms with Crippen molar-refractivity contribution in [2.75, 3.05) is 13.2 Å². The fraction of sp³-hybridized carbons (Fsp3) is 1.00. The van der Waals surface area contributed by atoms with Crippen LogP contribution in [0.25, 0.3) is 0 Å². The van der Waals surface area contributed by atoms with E-state index in [1.54, 1.807) is 0 Å². The highest BCUT2D eigenvalue weighted by Gasteiger charge is 2.25. The fourth-order valence-electron chi connectivity index (χ4n) is 0.841. The molecule has 0 aliphatic heterocycles. The lowest BCUT2D eigenvalue weighted by molar-refractivity contribution is -0.771. The van der Waals surface area contributed by atoms with E-state index < -0.39 is 36.6 Å². The Morgan fingerprint density at radius 1 is 1.29 bits per heavy atom. The van der Waals surface area contributed by atoms with Gasteiger partial charge in [-0.25, -0.2) is 0 Å². The largest absolute Gasteiger partial charge is 0.394 e. The first kappa shape index (κ1) is 13.0. The normalized spacial score (nSPS) is 17.1. The van der Waals surface area contributed by atoms with Crippen LogP contribution in [-0.2, 0) is 4.84 Å². The minimum Gasteiger partial charge on any atom is -0.394 e. The first-order valence-electron chi connectivity index (χ1n) is 3.90. The molecule has 0 heterocycles. The quantitative estimate of drug-likeness (QED) is 0.274. The zero-order valence-corrected chi connectivity index (χ0v) is 7.31. The molecule has 84 valence electrons. The lowest BCUT2D eigenvalue weighted by Gasteiger charge is -2.20. The Kier molecular flexibility index (Phi) is 6.04. The van der Waals surface area contributed by atoms with E-state index in [2.05, 4.69) is 4.84 Å². The Morgan fingerprint density at radius 2 is 1.86 bits per heavy atom. The van der Waals surface area contributed by atoms with E-state index in [-0.39, 0.29) is 6.42 Å². The first-order chi connectivity index (χ1) is 6.51. The van der Waals surface area contributed by atoms with E-state index in [0.29, 0.717) is 0 Å². The molecule has 14 heavy (non-hydrogen) atoms. The fourth-order valence-corrected chi connectivity index (χ4v) is 0.841. The van der Waals surface area contributed by atoms with Crippen molar-refractivity contribution < 1.29 is 30.4 Å². The summed E-state index contributed by atoms with van der Waals surface area (Å²) < 4.78 is 0. The molecule has 8 heteroatoms. The number of aliphatic hydroxyl groups excluding tert-OH is 4. The van der Waals surface area contributed by atoms with Gasteiger partial charge in [0.2, 0.25) is 0 Å². The standard InChI is InChI=1S/C6H13NO7/c8-2-4(10)1-6(5(11)3-9)14-7(12)13/h4-6,8-11H,1-3H2. The maximum absolute atomic E-state index is 9.95. The second-order valence-corrected chi connectivity index (χ2v) is 2.69. The maximum Gasteiger partial charge on any atom is 0.294 e. The number of aliphatic hydroxyl groups is 4. The van der Waals surface area contributed by atoms with E-state index in [4.69, 9.17) is 20.4 Å². The van der Waals surface area contributed by atoms with Crippen LogP contribution in [0.4, 0.5) is 0 Å². The van der Waals surface area contributed by atoms with Crippen molar-refractivity contribution in [2.24, 2.45) is 0 Å². The lowest BCUT2D eigenvalue weighted by Crippen LogP contribution is -2.37. The van der Waals surface area contributed by atoms with Gasteiger partial charge in [0, 0.05) is 6.42 Å². The van der Waals surface area contributed by atoms with Crippen molar-refractivity contribution in [2.45, 2.75) is 24.7 Å². The van der Waals surface area contributed by atoms with Crippen LogP contribution < -0.4 is 0 Å². The molecule has 8 nitrogen and oxygen atoms in total. The Labute approximate surface area is 79.5 Å². The van der Waals surface area contributed by atoms with Crippen LogP contribution in [0.2, 0.25) is 0 Å². The molecule has 4 N–H and O–H groups in total. The van der Waals surface area contributed by atoms with Crippen molar-refractivity contribution in [1.82, 2.24) is 0 Å². The van der Waals surface area contributed by atoms with E-state index in [0.717, 1.165) is 0 Å². The second kappa shape index (κ2) is 6.49. The molecule has 0 spiro atoms. The van der Waals surface area contributed by atoms with Gasteiger partial charge in [-0.1, -0.05) is 0 Å². The highest BCUT2D eigenvalue weighted by atomic mass is 17.0. The summed E-state index contributed by atoms with van der Waals surface area (Å²) in [4.78, 5) is 14.0. The molecule has 0 rings (SSSR count). The summed E-state index contributed by atoms with van der Waals surface area (Å²) in [6.07, 6.45) is -4.39. The summed E-state index contributed by atoms with van der Waals surface area (Å²) in [7, 11) is 0. The predicted molar refractivity (Wildman–Crippen MR) is 42.7 cm³/mol. The first-order valence-corrected chi connectivity index (χ1v) is 3.90. The van der Waals surface area contributed by atoms with Gasteiger partial charge in [-0.05, 0) is 0 Å². The molecule has 0 aliphatic carbocycles. The molecule has 0 amide bonds. The molecule has 0 radical (unpaired) electrons. The molecule has 0 aromatic heterocycles. The van der Waals surface area contributed by atoms with Crippen LogP contribution in [0.5, 0.6) is 0 Å². The molecular formula is C6H13NO7. The second-order valence-electron chi connectivity index (χ2n) is 2.69. The smallest absolute Gasteiger partial charge is 0.294 e. The molecule has 0 aromatic carbocycles. The van der Waals surface area contributed by atoms with Crippen LogP contribution in [-0.4, -0.2) is 57.0 Å². The Balaban J connectivity index is 4.16. The van der Waals surface area contributed by atoms with Gasteiger partial charge in [-0.15, -0.1) is 10.1 Å². The van der Waals surface area contributed by atoms with Gasteiger partial charge in [0.1, 0.15) is 12.2 Å². The van der Waals surface area contributed by atoms with E-state index in [1.165, 1.54) is 0 Å². The van der Waals surface area contributed by atoms with E-state index >= 15 is 0 Å². The number of hydrogen-bond donors (Lipinski definition) is 4. The Bertz CT molecular complexity index is 176. The van der Waals surface area contributed by atoms with Gasteiger partial charge < -0.3 is 25.3 Å². The highest BCUT2D eigenvalue weighted by Crippen LogP contribution is 2.08. The minimum atomic E-state index is -1.47. The summed E-state index contributed by atoms with van der Waals surface area (Å²) in [6, 6.07) is 0. The van der Waals surface area contributed by atoms with Crippen LogP contribution >= 0.6 is 0 Å². The minimum absolute atomic E-state index is 0.334. The third kappa shape index (κ3) is 4.92. The van der Waals surface area contributed by atoms with Crippen molar-refractivity contribution in [3.8, 4) is 0 Å². The van der Waals surface area contributed by atoms with Gasteiger partial charge in [-0.3, -0.25) is 0 Å². The molecule has 0 saturated heterocycles. The van der Waals surface area contributed by atoms with Gasteiger partial charge in [0.15, 0.2) is 0 Å². The predicted octanol–water partition coefficient (Wildman–Crippen LogP) is -2.34. The van der Waals surface area contributed by atoms with Gasteiger partial charge >= 0.3 is 0 Å². The molecule has 0 bridgehead atoms. The zero-order chi connectivity index (χ0) is 11.1. The van der Waals surface area contributed by atoms with Gasteiger partial charge in [0.05, 0.1) is 19.3 Å². The molecule has 0 saturated carbocycles. The van der Waals surface area contributed by atoms with Crippen LogP contribution in [0.1, 0.15) is 6.42 Å². The third-order valence-electron chi connectivity index (χ3n) is 1.55. The number of nitrogens with zero attached hydrogens (tertiary/aromatic N) is 1. The Hall–Kier alpha value is -0.960. The maximum atomic E-state index is 9.95. The molecular weight excluding hydrogens is 198 g/mol. The van der Waals surface area contributed by atoms with Crippen molar-refractivity contribution >= 4 is 0 Å².